The van der Waals surface area contributed by atoms with E-state index < -0.39 is 5.41 Å². The summed E-state index contributed by atoms with van der Waals surface area (Å²) in [5.41, 5.74) is 1.87. The van der Waals surface area contributed by atoms with Crippen LogP contribution in [-0.4, -0.2) is 28.5 Å². The van der Waals surface area contributed by atoms with Gasteiger partial charge in [0.1, 0.15) is 16.9 Å². The van der Waals surface area contributed by atoms with Crippen molar-refractivity contribution in [3.63, 3.8) is 0 Å². The molecule has 8 nitrogen and oxygen atoms in total. The number of ether oxygens (including phenoxy) is 2. The van der Waals surface area contributed by atoms with Crippen LogP contribution in [0.3, 0.4) is 0 Å². The number of amides is 2. The second-order valence-electron chi connectivity index (χ2n) is 12.0. The van der Waals surface area contributed by atoms with Gasteiger partial charge in [-0.2, -0.15) is 0 Å². The lowest BCUT2D eigenvalue weighted by molar-refractivity contribution is -0.131. The van der Waals surface area contributed by atoms with Gasteiger partial charge in [0, 0.05) is 29.0 Å². The number of nitrogens with zero attached hydrogens (tertiary/aromatic N) is 1. The van der Waals surface area contributed by atoms with E-state index in [9.17, 15) is 14.7 Å². The fourth-order valence-electron chi connectivity index (χ4n) is 5.31. The molecule has 1 aliphatic carbocycles. The van der Waals surface area contributed by atoms with E-state index in [0.29, 0.717) is 59.0 Å². The van der Waals surface area contributed by atoms with E-state index in [1.54, 1.807) is 48.7 Å². The number of nitrogens with one attached hydrogen (secondary N) is 2. The lowest BCUT2D eigenvalue weighted by Crippen LogP contribution is -2.35. The van der Waals surface area contributed by atoms with Gasteiger partial charge in [-0.3, -0.25) is 14.6 Å². The van der Waals surface area contributed by atoms with Crippen LogP contribution in [0.4, 0.5) is 11.4 Å². The molecule has 1 saturated carbocycles. The fraction of sp³-hybridized carbons (Fsp3) is 0.378. The van der Waals surface area contributed by atoms with Gasteiger partial charge in [-0.1, -0.05) is 69.6 Å². The van der Waals surface area contributed by atoms with Crippen LogP contribution in [0.1, 0.15) is 76.7 Å². The predicted molar refractivity (Wildman–Crippen MR) is 178 cm³/mol. The molecule has 0 spiro atoms. The van der Waals surface area contributed by atoms with E-state index in [1.165, 1.54) is 38.5 Å². The first-order valence-electron chi connectivity index (χ1n) is 16.1. The highest BCUT2D eigenvalue weighted by Gasteiger charge is 2.56. The van der Waals surface area contributed by atoms with Crippen LogP contribution in [0, 0.1) is 12.3 Å². The molecule has 0 radical (unpaired) electrons. The molecular formula is C37H43N3O5. The molecule has 1 aromatic heterocycles. The minimum absolute atomic E-state index is 0.0489. The molecule has 3 N–H and O–H groups in total. The number of carbonyl (C=O) groups excluding carboxylic acids is 2. The van der Waals surface area contributed by atoms with Gasteiger partial charge in [-0.25, -0.2) is 0 Å². The van der Waals surface area contributed by atoms with Crippen molar-refractivity contribution in [2.24, 2.45) is 5.41 Å². The largest absolute Gasteiger partial charge is 0.504 e. The van der Waals surface area contributed by atoms with Gasteiger partial charge in [0.25, 0.3) is 0 Å². The Labute approximate surface area is 265 Å². The molecule has 45 heavy (non-hydrogen) atoms. The highest BCUT2D eigenvalue weighted by Crippen LogP contribution is 2.47. The van der Waals surface area contributed by atoms with Gasteiger partial charge in [0.2, 0.25) is 11.8 Å². The van der Waals surface area contributed by atoms with Gasteiger partial charge in [-0.15, -0.1) is 0 Å². The number of fused-ring (bicyclic) bond motifs is 1. The monoisotopic (exact) mass is 609 g/mol. The molecule has 1 fully saturated rings. The summed E-state index contributed by atoms with van der Waals surface area (Å²) in [6.45, 7) is 4.74. The van der Waals surface area contributed by atoms with Crippen molar-refractivity contribution >= 4 is 34.1 Å². The highest BCUT2D eigenvalue weighted by atomic mass is 16.5. The van der Waals surface area contributed by atoms with E-state index in [0.717, 1.165) is 18.4 Å². The number of carbonyl (C=O) groups is 2. The molecule has 3 aromatic carbocycles. The predicted octanol–water partition coefficient (Wildman–Crippen LogP) is 8.92. The van der Waals surface area contributed by atoms with Crippen LogP contribution < -0.4 is 20.1 Å². The molecule has 0 atom stereocenters. The topological polar surface area (TPSA) is 110 Å². The van der Waals surface area contributed by atoms with E-state index in [-0.39, 0.29) is 17.6 Å². The number of hydrogen-bond acceptors (Lipinski definition) is 6. The van der Waals surface area contributed by atoms with E-state index in [2.05, 4.69) is 22.5 Å². The number of aromatic hydroxyl groups is 1. The number of phenolic OH excluding ortho intramolecular Hbond substituents is 1. The summed E-state index contributed by atoms with van der Waals surface area (Å²) < 4.78 is 12.1. The molecule has 5 rings (SSSR count). The summed E-state index contributed by atoms with van der Waals surface area (Å²) in [7, 11) is 0. The Balaban J connectivity index is 1.16. The summed E-state index contributed by atoms with van der Waals surface area (Å²) in [6, 6.07) is 19.6. The van der Waals surface area contributed by atoms with Gasteiger partial charge >= 0.3 is 0 Å². The van der Waals surface area contributed by atoms with Gasteiger partial charge in [-0.05, 0) is 74.7 Å². The molecule has 1 heterocycles. The molecule has 0 aliphatic heterocycles. The summed E-state index contributed by atoms with van der Waals surface area (Å²) >= 11 is 0. The number of aryl methyl sites for hydroxylation is 1. The Hall–Kier alpha value is -4.59. The van der Waals surface area contributed by atoms with Crippen molar-refractivity contribution in [2.45, 2.75) is 78.1 Å². The van der Waals surface area contributed by atoms with Crippen molar-refractivity contribution in [3.8, 4) is 23.0 Å². The van der Waals surface area contributed by atoms with Crippen molar-refractivity contribution < 1.29 is 24.2 Å². The molecule has 4 aromatic rings. The first-order chi connectivity index (χ1) is 21.9. The molecule has 1 aliphatic rings. The number of pyridine rings is 1. The number of phenols is 1. The second-order valence-corrected chi connectivity index (χ2v) is 12.0. The summed E-state index contributed by atoms with van der Waals surface area (Å²) in [5, 5.41) is 17.0. The Morgan fingerprint density at radius 1 is 0.800 bits per heavy atom. The Bertz CT molecular complexity index is 1600. The summed E-state index contributed by atoms with van der Waals surface area (Å²) in [6.07, 6.45) is 12.3. The summed E-state index contributed by atoms with van der Waals surface area (Å²) in [4.78, 5) is 30.4. The van der Waals surface area contributed by atoms with Crippen molar-refractivity contribution in [2.75, 3.05) is 17.2 Å². The minimum Gasteiger partial charge on any atom is -0.504 e. The van der Waals surface area contributed by atoms with Gasteiger partial charge in [0.05, 0.1) is 12.1 Å². The molecule has 8 heteroatoms. The molecular weight excluding hydrogens is 566 g/mol. The second kappa shape index (κ2) is 14.9. The van der Waals surface area contributed by atoms with Crippen LogP contribution in [0.5, 0.6) is 23.0 Å². The van der Waals surface area contributed by atoms with Gasteiger partial charge in [0.15, 0.2) is 11.5 Å². The average Bonchev–Trinajstić information content (AvgIpc) is 3.85. The maximum Gasteiger partial charge on any atom is 0.240 e. The van der Waals surface area contributed by atoms with Crippen LogP contribution >= 0.6 is 0 Å². The van der Waals surface area contributed by atoms with Crippen LogP contribution in [0.2, 0.25) is 0 Å². The number of hydrogen-bond donors (Lipinski definition) is 3. The maximum atomic E-state index is 13.1. The average molecular weight is 610 g/mol. The third-order valence-electron chi connectivity index (χ3n) is 8.31. The third-order valence-corrected chi connectivity index (χ3v) is 8.31. The number of aromatic nitrogens is 1. The van der Waals surface area contributed by atoms with Gasteiger partial charge < -0.3 is 25.2 Å². The van der Waals surface area contributed by atoms with E-state index in [4.69, 9.17) is 9.47 Å². The van der Waals surface area contributed by atoms with Crippen LogP contribution in [-0.2, 0) is 9.59 Å². The normalized spacial score (nSPS) is 13.3. The highest BCUT2D eigenvalue weighted by molar-refractivity contribution is 6.16. The van der Waals surface area contributed by atoms with Crippen LogP contribution in [0.15, 0.2) is 72.9 Å². The van der Waals surface area contributed by atoms with Crippen molar-refractivity contribution in [1.29, 1.82) is 0 Å². The molecule has 0 unspecified atom stereocenters. The van der Waals surface area contributed by atoms with Crippen LogP contribution in [0.25, 0.3) is 10.9 Å². The maximum absolute atomic E-state index is 13.1. The third kappa shape index (κ3) is 8.32. The smallest absolute Gasteiger partial charge is 0.240 e. The molecule has 0 bridgehead atoms. The van der Waals surface area contributed by atoms with E-state index in [1.807, 2.05) is 31.2 Å². The lowest BCUT2D eigenvalue weighted by Gasteiger charge is -2.16. The Morgan fingerprint density at radius 3 is 2.02 bits per heavy atom. The molecule has 2 amide bonds. The lowest BCUT2D eigenvalue weighted by atomic mass is 10.0. The zero-order valence-corrected chi connectivity index (χ0v) is 26.2. The standard InChI is InChI=1S/C37H43N3O5/c1-3-4-5-6-7-8-9-10-23-44-34-24-30-31(25-32(34)41)38-22-19-33(30)45-29-17-15-28(16-18-29)40-36(43)37(20-21-37)35(42)39-27-13-11-26(2)12-14-27/h11-19,22,24-25,41H,3-10,20-21,23H2,1-2H3,(H,39,42)(H,40,43). The quantitative estimate of drug-likeness (QED) is 0.0864. The first-order valence-corrected chi connectivity index (χ1v) is 16.1. The van der Waals surface area contributed by atoms with Crippen molar-refractivity contribution in [3.05, 3.63) is 78.5 Å². The number of anilines is 2. The van der Waals surface area contributed by atoms with Crippen molar-refractivity contribution in [1.82, 2.24) is 4.98 Å². The molecule has 0 saturated heterocycles. The first kappa shape index (κ1) is 31.8. The zero-order chi connectivity index (χ0) is 31.6. The zero-order valence-electron chi connectivity index (χ0n) is 26.2. The Kier molecular flexibility index (Phi) is 10.6. The summed E-state index contributed by atoms with van der Waals surface area (Å²) in [5.74, 6) is 0.974. The SMILES string of the molecule is CCCCCCCCCCOc1cc2c(Oc3ccc(NC(=O)C4(C(=O)Nc5ccc(C)cc5)CC4)cc3)ccnc2cc1O. The minimum atomic E-state index is -1.06. The fourth-order valence-corrected chi connectivity index (χ4v) is 5.31. The Morgan fingerprint density at radius 2 is 1.40 bits per heavy atom. The number of rotatable bonds is 16. The van der Waals surface area contributed by atoms with E-state index >= 15 is 0 Å². The molecule has 236 valence electrons. The number of benzene rings is 3. The number of unbranched alkanes of at least 4 members (excludes halogenated alkanes) is 7.